The lowest BCUT2D eigenvalue weighted by molar-refractivity contribution is -0.102. The number of rotatable bonds is 3. The lowest BCUT2D eigenvalue weighted by Gasteiger charge is -2.43. The van der Waals surface area contributed by atoms with E-state index in [1.54, 1.807) is 6.20 Å². The number of hydrogen-bond donors (Lipinski definition) is 1. The van der Waals surface area contributed by atoms with Crippen LogP contribution < -0.4 is 0 Å². The van der Waals surface area contributed by atoms with Gasteiger partial charge in [0.15, 0.2) is 0 Å². The average Bonchev–Trinajstić information content (AvgIpc) is 3.37. The minimum atomic E-state index is -0.148. The van der Waals surface area contributed by atoms with Gasteiger partial charge in [-0.25, -0.2) is 4.68 Å². The van der Waals surface area contributed by atoms with Crippen molar-refractivity contribution in [1.29, 1.82) is 0 Å². The summed E-state index contributed by atoms with van der Waals surface area (Å²) in [6.07, 6.45) is 8.75. The maximum Gasteiger partial charge on any atom is 0.112 e. The normalized spacial score (nSPS) is 19.5. The molecule has 3 aromatic rings. The molecule has 5 rings (SSSR count). The SMILES string of the molecule is c1cnn(-c2ccc(CN3CCC4(CC3)OCCc3cn[nH]c34)cc2)c1. The molecular formula is C20H23N5O. The van der Waals surface area contributed by atoms with E-state index < -0.39 is 0 Å². The standard InChI is InChI=1S/C20H23N5O/c1-9-22-25(10-1)18-4-2-16(3-5-18)15-24-11-7-20(8-12-24)19-17(6-13-26-20)14-21-23-19/h1-5,9-10,14H,6-8,11-13,15H2,(H,21,23). The van der Waals surface area contributed by atoms with Gasteiger partial charge in [-0.15, -0.1) is 0 Å². The van der Waals surface area contributed by atoms with Crippen LogP contribution in [0.15, 0.2) is 48.9 Å². The van der Waals surface area contributed by atoms with E-state index in [4.69, 9.17) is 4.74 Å². The fourth-order valence-corrected chi connectivity index (χ4v) is 4.22. The number of aromatic nitrogens is 4. The molecule has 6 heteroatoms. The summed E-state index contributed by atoms with van der Waals surface area (Å²) >= 11 is 0. The Balaban J connectivity index is 1.24. The molecule has 134 valence electrons. The smallest absolute Gasteiger partial charge is 0.112 e. The highest BCUT2D eigenvalue weighted by atomic mass is 16.5. The molecule has 0 saturated carbocycles. The summed E-state index contributed by atoms with van der Waals surface area (Å²) in [5.41, 5.74) is 4.83. The van der Waals surface area contributed by atoms with Gasteiger partial charge in [-0.05, 0) is 48.6 Å². The molecule has 2 aliphatic heterocycles. The first-order valence-electron chi connectivity index (χ1n) is 9.30. The molecule has 2 aliphatic rings. The Hall–Kier alpha value is -2.44. The van der Waals surface area contributed by atoms with Gasteiger partial charge in [0.25, 0.3) is 0 Å². The molecule has 1 aromatic carbocycles. The Bertz CT molecular complexity index is 860. The summed E-state index contributed by atoms with van der Waals surface area (Å²) in [7, 11) is 0. The molecule has 0 unspecified atom stereocenters. The van der Waals surface area contributed by atoms with Crippen molar-refractivity contribution in [3.63, 3.8) is 0 Å². The highest BCUT2D eigenvalue weighted by Gasteiger charge is 2.42. The zero-order valence-electron chi connectivity index (χ0n) is 14.8. The highest BCUT2D eigenvalue weighted by Crippen LogP contribution is 2.40. The molecule has 0 amide bonds. The van der Waals surface area contributed by atoms with Crippen LogP contribution in [0, 0.1) is 0 Å². The van der Waals surface area contributed by atoms with E-state index >= 15 is 0 Å². The van der Waals surface area contributed by atoms with E-state index in [9.17, 15) is 0 Å². The number of piperidine rings is 1. The van der Waals surface area contributed by atoms with Gasteiger partial charge in [0, 0.05) is 32.0 Å². The van der Waals surface area contributed by atoms with Crippen molar-refractivity contribution in [3.05, 3.63) is 65.7 Å². The number of aromatic amines is 1. The first-order valence-corrected chi connectivity index (χ1v) is 9.30. The van der Waals surface area contributed by atoms with Gasteiger partial charge in [-0.3, -0.25) is 10.00 Å². The van der Waals surface area contributed by atoms with E-state index in [1.807, 2.05) is 23.1 Å². The molecule has 2 aromatic heterocycles. The third kappa shape index (κ3) is 2.75. The molecule has 0 atom stereocenters. The fraction of sp³-hybridized carbons (Fsp3) is 0.400. The van der Waals surface area contributed by atoms with Gasteiger partial charge >= 0.3 is 0 Å². The Morgan fingerprint density at radius 2 is 2.00 bits per heavy atom. The molecule has 4 heterocycles. The number of ether oxygens (including phenoxy) is 1. The molecule has 1 saturated heterocycles. The van der Waals surface area contributed by atoms with Gasteiger partial charge in [0.2, 0.25) is 0 Å². The molecule has 6 nitrogen and oxygen atoms in total. The second-order valence-corrected chi connectivity index (χ2v) is 7.26. The number of benzene rings is 1. The lowest BCUT2D eigenvalue weighted by atomic mass is 9.83. The second-order valence-electron chi connectivity index (χ2n) is 7.26. The van der Waals surface area contributed by atoms with E-state index in [2.05, 4.69) is 44.5 Å². The number of nitrogens with one attached hydrogen (secondary N) is 1. The summed E-state index contributed by atoms with van der Waals surface area (Å²) in [6, 6.07) is 10.6. The zero-order valence-corrected chi connectivity index (χ0v) is 14.8. The van der Waals surface area contributed by atoms with Crippen molar-refractivity contribution >= 4 is 0 Å². The van der Waals surface area contributed by atoms with Crippen molar-refractivity contribution in [1.82, 2.24) is 24.9 Å². The molecule has 1 N–H and O–H groups in total. The van der Waals surface area contributed by atoms with Crippen LogP contribution in [0.5, 0.6) is 0 Å². The van der Waals surface area contributed by atoms with Crippen LogP contribution in [-0.2, 0) is 23.3 Å². The van der Waals surface area contributed by atoms with Gasteiger partial charge in [-0.2, -0.15) is 10.2 Å². The number of hydrogen-bond acceptors (Lipinski definition) is 4. The number of H-pyrrole nitrogens is 1. The Kier molecular flexibility index (Phi) is 3.87. The largest absolute Gasteiger partial charge is 0.368 e. The minimum Gasteiger partial charge on any atom is -0.368 e. The van der Waals surface area contributed by atoms with E-state index in [-0.39, 0.29) is 5.60 Å². The number of nitrogens with zero attached hydrogens (tertiary/aromatic N) is 4. The van der Waals surface area contributed by atoms with Crippen LogP contribution in [-0.4, -0.2) is 44.6 Å². The second kappa shape index (κ2) is 6.37. The number of likely N-dealkylation sites (tertiary alicyclic amines) is 1. The predicted octanol–water partition coefficient (Wildman–Crippen LogP) is 2.66. The van der Waals surface area contributed by atoms with E-state index in [0.717, 1.165) is 51.2 Å². The maximum atomic E-state index is 6.24. The van der Waals surface area contributed by atoms with Crippen LogP contribution in [0.25, 0.3) is 5.69 Å². The monoisotopic (exact) mass is 349 g/mol. The van der Waals surface area contributed by atoms with Gasteiger partial charge < -0.3 is 4.74 Å². The van der Waals surface area contributed by atoms with Crippen molar-refractivity contribution in [2.45, 2.75) is 31.4 Å². The van der Waals surface area contributed by atoms with Crippen molar-refractivity contribution in [2.75, 3.05) is 19.7 Å². The zero-order chi connectivity index (χ0) is 17.4. The van der Waals surface area contributed by atoms with Gasteiger partial charge in [0.05, 0.1) is 24.2 Å². The summed E-state index contributed by atoms with van der Waals surface area (Å²) < 4.78 is 8.12. The third-order valence-corrected chi connectivity index (χ3v) is 5.70. The summed E-state index contributed by atoms with van der Waals surface area (Å²) in [5, 5.41) is 11.7. The van der Waals surface area contributed by atoms with Crippen LogP contribution in [0.4, 0.5) is 0 Å². The molecule has 26 heavy (non-hydrogen) atoms. The van der Waals surface area contributed by atoms with E-state index in [1.165, 1.54) is 16.8 Å². The highest BCUT2D eigenvalue weighted by molar-refractivity contribution is 5.34. The van der Waals surface area contributed by atoms with Crippen LogP contribution in [0.2, 0.25) is 0 Å². The minimum absolute atomic E-state index is 0.148. The molecule has 0 aliphatic carbocycles. The van der Waals surface area contributed by atoms with Crippen LogP contribution in [0.1, 0.15) is 29.7 Å². The number of fused-ring (bicyclic) bond motifs is 2. The van der Waals surface area contributed by atoms with Crippen LogP contribution in [0.3, 0.4) is 0 Å². The molecule has 1 spiro atoms. The summed E-state index contributed by atoms with van der Waals surface area (Å²) in [4.78, 5) is 2.52. The Morgan fingerprint density at radius 1 is 1.15 bits per heavy atom. The first kappa shape index (κ1) is 15.8. The average molecular weight is 349 g/mol. The summed E-state index contributed by atoms with van der Waals surface area (Å²) in [6.45, 7) is 3.87. The molecule has 0 radical (unpaired) electrons. The maximum absolute atomic E-state index is 6.24. The van der Waals surface area contributed by atoms with E-state index in [0.29, 0.717) is 0 Å². The topological polar surface area (TPSA) is 59.0 Å². The van der Waals surface area contributed by atoms with Crippen molar-refractivity contribution < 1.29 is 4.74 Å². The molecule has 0 bridgehead atoms. The van der Waals surface area contributed by atoms with Crippen molar-refractivity contribution in [2.24, 2.45) is 0 Å². The van der Waals surface area contributed by atoms with Gasteiger partial charge in [-0.1, -0.05) is 12.1 Å². The van der Waals surface area contributed by atoms with Gasteiger partial charge in [0.1, 0.15) is 5.60 Å². The molecular weight excluding hydrogens is 326 g/mol. The van der Waals surface area contributed by atoms with Crippen molar-refractivity contribution in [3.8, 4) is 5.69 Å². The Morgan fingerprint density at radius 3 is 2.77 bits per heavy atom. The quantitative estimate of drug-likeness (QED) is 0.790. The first-order chi connectivity index (χ1) is 12.8. The Labute approximate surface area is 152 Å². The third-order valence-electron chi connectivity index (χ3n) is 5.70. The summed E-state index contributed by atoms with van der Waals surface area (Å²) in [5.74, 6) is 0. The fourth-order valence-electron chi connectivity index (χ4n) is 4.22. The molecule has 1 fully saturated rings. The predicted molar refractivity (Wildman–Crippen MR) is 98.0 cm³/mol. The van der Waals surface area contributed by atoms with Crippen LogP contribution >= 0.6 is 0 Å². The lowest BCUT2D eigenvalue weighted by Crippen LogP contribution is -2.46.